The number of aromatic nitrogens is 4. The van der Waals surface area contributed by atoms with E-state index in [4.69, 9.17) is 11.6 Å². The summed E-state index contributed by atoms with van der Waals surface area (Å²) in [5.41, 5.74) is -0.586. The van der Waals surface area contributed by atoms with Gasteiger partial charge in [-0.2, -0.15) is 13.2 Å². The highest BCUT2D eigenvalue weighted by Gasteiger charge is 2.34. The summed E-state index contributed by atoms with van der Waals surface area (Å²) in [7, 11) is 0. The van der Waals surface area contributed by atoms with Gasteiger partial charge in [0.25, 0.3) is 11.8 Å². The second kappa shape index (κ2) is 12.5. The minimum Gasteiger partial charge on any atom is -0.342 e. The Hall–Kier alpha value is -3.64. The molecule has 0 aromatic carbocycles. The number of carbonyl (C=O) groups excluding carboxylic acids is 2. The van der Waals surface area contributed by atoms with Gasteiger partial charge in [0.05, 0.1) is 29.4 Å². The number of hydrogen-bond acceptors (Lipinski definition) is 9. The molecule has 204 valence electrons. The summed E-state index contributed by atoms with van der Waals surface area (Å²) in [6.45, 7) is 5.95. The van der Waals surface area contributed by atoms with Crippen molar-refractivity contribution in [3.63, 3.8) is 0 Å². The van der Waals surface area contributed by atoms with E-state index in [1.165, 1.54) is 18.6 Å². The molecule has 15 heteroatoms. The molecule has 1 unspecified atom stereocenters. The fraction of sp³-hybridized carbons (Fsp3) is 0.333. The number of alkyl halides is 3. The maximum atomic E-state index is 13.1. The predicted octanol–water partition coefficient (Wildman–Crippen LogP) is 3.00. The number of nitrogens with one attached hydrogen (secondary N) is 3. The third-order valence-corrected chi connectivity index (χ3v) is 6.98. The third-order valence-electron chi connectivity index (χ3n) is 5.50. The number of anilines is 1. The van der Waals surface area contributed by atoms with Crippen molar-refractivity contribution in [1.29, 1.82) is 0 Å². The highest BCUT2D eigenvalue weighted by molar-refractivity contribution is 7.13. The first kappa shape index (κ1) is 28.4. The van der Waals surface area contributed by atoms with E-state index in [0.29, 0.717) is 23.3 Å². The first-order valence-corrected chi connectivity index (χ1v) is 12.8. The van der Waals surface area contributed by atoms with Crippen molar-refractivity contribution in [1.82, 2.24) is 35.5 Å². The number of nitrogens with zero attached hydrogens (tertiary/aromatic N) is 5. The van der Waals surface area contributed by atoms with Gasteiger partial charge in [0.1, 0.15) is 33.4 Å². The first-order valence-electron chi connectivity index (χ1n) is 11.6. The Morgan fingerprint density at radius 2 is 1.92 bits per heavy atom. The second-order valence-electron chi connectivity index (χ2n) is 8.38. The van der Waals surface area contributed by atoms with E-state index in [0.717, 1.165) is 43.7 Å². The molecule has 0 spiro atoms. The molecule has 4 rings (SSSR count). The predicted molar refractivity (Wildman–Crippen MR) is 138 cm³/mol. The monoisotopic (exact) mass is 578 g/mol. The number of piperazine rings is 1. The van der Waals surface area contributed by atoms with Crippen molar-refractivity contribution in [3.05, 3.63) is 62.7 Å². The number of hydrogen-bond donors (Lipinski definition) is 3. The molecule has 0 radical (unpaired) electrons. The Balaban J connectivity index is 1.36. The molecule has 1 atom stereocenters. The zero-order valence-electron chi connectivity index (χ0n) is 20.5. The van der Waals surface area contributed by atoms with E-state index in [2.05, 4.69) is 52.6 Å². The lowest BCUT2D eigenvalue weighted by Gasteiger charge is -2.24. The molecule has 1 saturated heterocycles. The van der Waals surface area contributed by atoms with Gasteiger partial charge in [0.15, 0.2) is 0 Å². The number of carbonyl (C=O) groups is 2. The summed E-state index contributed by atoms with van der Waals surface area (Å²) >= 11 is 6.53. The van der Waals surface area contributed by atoms with E-state index in [-0.39, 0.29) is 16.4 Å². The molecule has 1 fully saturated rings. The Morgan fingerprint density at radius 3 is 2.67 bits per heavy atom. The molecule has 0 aliphatic carbocycles. The van der Waals surface area contributed by atoms with Crippen LogP contribution < -0.4 is 16.0 Å². The maximum Gasteiger partial charge on any atom is 0.418 e. The molecular formula is C24H22ClF3N8O2S. The van der Waals surface area contributed by atoms with Gasteiger partial charge in [-0.1, -0.05) is 17.5 Å². The largest absolute Gasteiger partial charge is 0.418 e. The minimum absolute atomic E-state index is 0.112. The number of rotatable bonds is 6. The minimum atomic E-state index is -4.70. The molecular weight excluding hydrogens is 557 g/mol. The van der Waals surface area contributed by atoms with Crippen LogP contribution in [0, 0.1) is 11.8 Å². The number of halogens is 4. The molecule has 0 bridgehead atoms. The van der Waals surface area contributed by atoms with Gasteiger partial charge in [0, 0.05) is 38.4 Å². The lowest BCUT2D eigenvalue weighted by atomic mass is 10.2. The van der Waals surface area contributed by atoms with E-state index in [1.54, 1.807) is 6.92 Å². The van der Waals surface area contributed by atoms with E-state index >= 15 is 0 Å². The van der Waals surface area contributed by atoms with Crippen LogP contribution in [0.5, 0.6) is 0 Å². The Labute approximate surface area is 230 Å². The molecule has 0 saturated carbocycles. The van der Waals surface area contributed by atoms with Crippen LogP contribution in [0.1, 0.15) is 49.4 Å². The lowest BCUT2D eigenvalue weighted by molar-refractivity contribution is -0.137. The molecule has 3 aromatic rings. The highest BCUT2D eigenvalue weighted by Crippen LogP contribution is 2.35. The van der Waals surface area contributed by atoms with Crippen LogP contribution in [0.15, 0.2) is 30.9 Å². The second-order valence-corrected chi connectivity index (χ2v) is 9.85. The normalized spacial score (nSPS) is 14.7. The van der Waals surface area contributed by atoms with Crippen LogP contribution in [0.4, 0.5) is 19.0 Å². The summed E-state index contributed by atoms with van der Waals surface area (Å²) in [6.07, 6.45) is -1.37. The van der Waals surface area contributed by atoms with Crippen molar-refractivity contribution in [2.24, 2.45) is 0 Å². The Kier molecular flexibility index (Phi) is 9.08. The molecule has 3 aromatic heterocycles. The summed E-state index contributed by atoms with van der Waals surface area (Å²) in [4.78, 5) is 43.6. The third kappa shape index (κ3) is 7.70. The lowest BCUT2D eigenvalue weighted by Crippen LogP contribution is -2.43. The van der Waals surface area contributed by atoms with Crippen molar-refractivity contribution >= 4 is 40.6 Å². The van der Waals surface area contributed by atoms with Crippen molar-refractivity contribution in [2.75, 3.05) is 38.0 Å². The first-order chi connectivity index (χ1) is 18.6. The van der Waals surface area contributed by atoms with Crippen LogP contribution in [-0.4, -0.2) is 69.4 Å². The fourth-order valence-corrected chi connectivity index (χ4v) is 4.51. The molecule has 4 heterocycles. The van der Waals surface area contributed by atoms with E-state index < -0.39 is 34.6 Å². The van der Waals surface area contributed by atoms with Gasteiger partial charge in [-0.25, -0.2) is 19.9 Å². The van der Waals surface area contributed by atoms with E-state index in [1.807, 2.05) is 0 Å². The van der Waals surface area contributed by atoms with Gasteiger partial charge in [0.2, 0.25) is 0 Å². The fourth-order valence-electron chi connectivity index (χ4n) is 3.49. The van der Waals surface area contributed by atoms with Crippen LogP contribution in [0.25, 0.3) is 0 Å². The van der Waals surface area contributed by atoms with E-state index in [9.17, 15) is 22.8 Å². The Morgan fingerprint density at radius 1 is 1.15 bits per heavy atom. The Bertz CT molecular complexity index is 1420. The van der Waals surface area contributed by atoms with Crippen LogP contribution >= 0.6 is 22.9 Å². The van der Waals surface area contributed by atoms with Gasteiger partial charge >= 0.3 is 6.18 Å². The van der Waals surface area contributed by atoms with Crippen LogP contribution in [-0.2, 0) is 6.18 Å². The van der Waals surface area contributed by atoms with Gasteiger partial charge < -0.3 is 16.0 Å². The average Bonchev–Trinajstić information content (AvgIpc) is 3.41. The maximum absolute atomic E-state index is 13.1. The van der Waals surface area contributed by atoms with Crippen molar-refractivity contribution in [3.8, 4) is 11.8 Å². The standard InChI is InChI=1S/C24H22ClF3N8O2S/c1-14(34-21(37)18-9-15(32-13-33-18)3-2-6-36-7-4-29-5-8-36)23-31-12-19(39-23)22(38)35-20-10-16(24(26,27)28)17(25)11-30-20/h9-14,29H,4-8H2,1H3,(H,34,37)(H,30,35,38). The summed E-state index contributed by atoms with van der Waals surface area (Å²) in [6, 6.07) is 1.55. The topological polar surface area (TPSA) is 125 Å². The summed E-state index contributed by atoms with van der Waals surface area (Å²) < 4.78 is 39.2. The van der Waals surface area contributed by atoms with Crippen molar-refractivity contribution in [2.45, 2.75) is 19.1 Å². The van der Waals surface area contributed by atoms with Gasteiger partial charge in [-0.15, -0.1) is 11.3 Å². The molecule has 2 amide bonds. The molecule has 39 heavy (non-hydrogen) atoms. The van der Waals surface area contributed by atoms with Crippen molar-refractivity contribution < 1.29 is 22.8 Å². The molecule has 3 N–H and O–H groups in total. The number of pyridine rings is 1. The summed E-state index contributed by atoms with van der Waals surface area (Å²) in [5, 5.41) is 8.15. The molecule has 1 aliphatic heterocycles. The smallest absolute Gasteiger partial charge is 0.342 e. The molecule has 10 nitrogen and oxygen atoms in total. The number of thiazole rings is 1. The summed E-state index contributed by atoms with van der Waals surface area (Å²) in [5.74, 6) is 4.50. The molecule has 1 aliphatic rings. The number of amides is 2. The zero-order valence-corrected chi connectivity index (χ0v) is 22.0. The van der Waals surface area contributed by atoms with Gasteiger partial charge in [-0.05, 0) is 18.9 Å². The van der Waals surface area contributed by atoms with Crippen LogP contribution in [0.2, 0.25) is 5.02 Å². The van der Waals surface area contributed by atoms with Crippen LogP contribution in [0.3, 0.4) is 0 Å². The SMILES string of the molecule is CC(NC(=O)c1cc(C#CCN2CCNCC2)ncn1)c1ncc(C(=O)Nc2cc(C(F)(F)F)c(Cl)cn2)s1. The quantitative estimate of drug-likeness (QED) is 0.381. The average molecular weight is 579 g/mol. The zero-order chi connectivity index (χ0) is 28.0. The highest BCUT2D eigenvalue weighted by atomic mass is 35.5. The van der Waals surface area contributed by atoms with Gasteiger partial charge in [-0.3, -0.25) is 14.5 Å².